The molecule has 0 rings (SSSR count). The van der Waals surface area contributed by atoms with E-state index in [9.17, 15) is 0 Å². The van der Waals surface area contributed by atoms with Crippen molar-refractivity contribution in [3.63, 3.8) is 0 Å². The Kier molecular flexibility index (Phi) is 5.14. The summed E-state index contributed by atoms with van der Waals surface area (Å²) in [5.74, 6) is -0.179. The van der Waals surface area contributed by atoms with E-state index in [0.717, 1.165) is 0 Å². The molecule has 0 unspecified atom stereocenters. The number of rotatable bonds is 4. The summed E-state index contributed by atoms with van der Waals surface area (Å²) in [4.78, 5) is 4.80. The van der Waals surface area contributed by atoms with Gasteiger partial charge in [-0.25, -0.2) is 0 Å². The summed E-state index contributed by atoms with van der Waals surface area (Å²) in [6.45, 7) is 4.39. The third-order valence-corrected chi connectivity index (χ3v) is 0.833. The molecule has 0 aliphatic carbocycles. The quantitative estimate of drug-likeness (QED) is 0.151. The van der Waals surface area contributed by atoms with Crippen molar-refractivity contribution in [1.82, 2.24) is 11.0 Å². The number of nitrogens with one attached hydrogen (secondary N) is 3. The summed E-state index contributed by atoms with van der Waals surface area (Å²) in [5.41, 5.74) is 10.7. The van der Waals surface area contributed by atoms with Crippen LogP contribution in [0.3, 0.4) is 0 Å². The Bertz CT molecular complexity index is 151. The summed E-state index contributed by atoms with van der Waals surface area (Å²) in [5, 5.41) is 6.72. The Morgan fingerprint density at radius 2 is 2.27 bits per heavy atom. The Balaban J connectivity index is 3.15. The average molecular weight is 158 g/mol. The maximum absolute atomic E-state index is 6.72. The molecule has 0 aliphatic rings. The fourth-order valence-corrected chi connectivity index (χ4v) is 0.341. The molecule has 0 fully saturated rings. The predicted octanol–water partition coefficient (Wildman–Crippen LogP) is -0.128. The lowest BCUT2D eigenvalue weighted by Gasteiger charge is -2.03. The van der Waals surface area contributed by atoms with Gasteiger partial charge >= 0.3 is 0 Å². The van der Waals surface area contributed by atoms with Crippen LogP contribution in [-0.4, -0.2) is 12.6 Å². The van der Waals surface area contributed by atoms with E-state index in [1.807, 2.05) is 19.9 Å². The molecule has 0 heterocycles. The van der Waals surface area contributed by atoms with Gasteiger partial charge in [-0.3, -0.25) is 15.7 Å². The fraction of sp³-hybridized carbons (Fsp3) is 0.500. The topological polar surface area (TPSA) is 83.2 Å². The van der Waals surface area contributed by atoms with Gasteiger partial charge in [-0.05, 0) is 13.8 Å². The molecule has 11 heavy (non-hydrogen) atoms. The summed E-state index contributed by atoms with van der Waals surface area (Å²) in [6, 6.07) is 0. The van der Waals surface area contributed by atoms with Crippen LogP contribution in [0.15, 0.2) is 11.6 Å². The van der Waals surface area contributed by atoms with Gasteiger partial charge in [0.15, 0.2) is 0 Å². The van der Waals surface area contributed by atoms with Gasteiger partial charge in [-0.15, -0.1) is 5.59 Å². The zero-order chi connectivity index (χ0) is 8.69. The smallest absolute Gasteiger partial charge is 0.202 e. The highest BCUT2D eigenvalue weighted by molar-refractivity contribution is 5.73. The molecule has 0 aliphatic heterocycles. The molecule has 0 aromatic heterocycles. The second kappa shape index (κ2) is 5.70. The van der Waals surface area contributed by atoms with Crippen molar-refractivity contribution in [1.29, 1.82) is 5.41 Å². The van der Waals surface area contributed by atoms with E-state index in [-0.39, 0.29) is 5.96 Å². The van der Waals surface area contributed by atoms with E-state index in [1.165, 1.54) is 5.57 Å². The lowest BCUT2D eigenvalue weighted by atomic mass is 10.3. The van der Waals surface area contributed by atoms with Crippen LogP contribution < -0.4 is 16.7 Å². The number of hydrazine groups is 1. The van der Waals surface area contributed by atoms with Gasteiger partial charge in [0, 0.05) is 0 Å². The average Bonchev–Trinajstić information content (AvgIpc) is 1.85. The lowest BCUT2D eigenvalue weighted by Crippen LogP contribution is -2.41. The molecule has 0 spiro atoms. The number of nitrogens with two attached hydrogens (primary N) is 1. The minimum absolute atomic E-state index is 0.179. The van der Waals surface area contributed by atoms with Gasteiger partial charge in [-0.2, -0.15) is 0 Å². The van der Waals surface area contributed by atoms with Crippen molar-refractivity contribution >= 4 is 5.96 Å². The van der Waals surface area contributed by atoms with Crippen molar-refractivity contribution in [2.45, 2.75) is 13.8 Å². The van der Waals surface area contributed by atoms with Crippen LogP contribution in [0.5, 0.6) is 0 Å². The monoisotopic (exact) mass is 158 g/mol. The van der Waals surface area contributed by atoms with E-state index in [4.69, 9.17) is 16.0 Å². The van der Waals surface area contributed by atoms with E-state index in [2.05, 4.69) is 11.0 Å². The zero-order valence-electron chi connectivity index (χ0n) is 6.77. The maximum atomic E-state index is 6.72. The van der Waals surface area contributed by atoms with Gasteiger partial charge in [0.1, 0.15) is 0 Å². The number of allylic oxidation sites excluding steroid dienone is 1. The van der Waals surface area contributed by atoms with Crippen molar-refractivity contribution in [2.24, 2.45) is 5.73 Å². The van der Waals surface area contributed by atoms with Crippen LogP contribution in [0.25, 0.3) is 0 Å². The minimum atomic E-state index is -0.179. The highest BCUT2D eigenvalue weighted by Gasteiger charge is 1.83. The van der Waals surface area contributed by atoms with Crippen LogP contribution >= 0.6 is 0 Å². The SMILES string of the molecule is CC(C)=CCONNC(=N)N. The Labute approximate surface area is 66.0 Å². The highest BCUT2D eigenvalue weighted by atomic mass is 16.7. The second-order valence-electron chi connectivity index (χ2n) is 2.23. The van der Waals surface area contributed by atoms with Crippen LogP contribution in [0.1, 0.15) is 13.8 Å². The molecule has 5 N–H and O–H groups in total. The van der Waals surface area contributed by atoms with Crippen molar-refractivity contribution in [2.75, 3.05) is 6.61 Å². The molecule has 64 valence electrons. The fourth-order valence-electron chi connectivity index (χ4n) is 0.341. The first-order chi connectivity index (χ1) is 5.13. The first kappa shape index (κ1) is 9.93. The number of guanidine groups is 1. The molecule has 0 aromatic carbocycles. The van der Waals surface area contributed by atoms with Crippen molar-refractivity contribution in [3.05, 3.63) is 11.6 Å². The Hall–Kier alpha value is -1.07. The van der Waals surface area contributed by atoms with Gasteiger partial charge in [-0.1, -0.05) is 11.6 Å². The number of hydrogen-bond donors (Lipinski definition) is 4. The molecule has 0 bridgehead atoms. The van der Waals surface area contributed by atoms with Crippen molar-refractivity contribution in [3.8, 4) is 0 Å². The largest absolute Gasteiger partial charge is 0.369 e. The van der Waals surface area contributed by atoms with Gasteiger partial charge in [0.2, 0.25) is 5.96 Å². The van der Waals surface area contributed by atoms with Gasteiger partial charge in [0.05, 0.1) is 6.61 Å². The maximum Gasteiger partial charge on any atom is 0.202 e. The van der Waals surface area contributed by atoms with Crippen LogP contribution in [-0.2, 0) is 4.84 Å². The molecule has 0 saturated heterocycles. The standard InChI is InChI=1S/C6H14N4O/c1-5(2)3-4-11-10-9-6(7)8/h3,10H,4H2,1-2H3,(H4,7,8,9). The minimum Gasteiger partial charge on any atom is -0.369 e. The van der Waals surface area contributed by atoms with E-state index in [1.54, 1.807) is 0 Å². The third-order valence-electron chi connectivity index (χ3n) is 0.833. The molecular formula is C6H14N4O. The summed E-state index contributed by atoms with van der Waals surface area (Å²) in [7, 11) is 0. The summed E-state index contributed by atoms with van der Waals surface area (Å²) < 4.78 is 0. The highest BCUT2D eigenvalue weighted by Crippen LogP contribution is 1.85. The molecular weight excluding hydrogens is 144 g/mol. The molecule has 5 heteroatoms. The summed E-state index contributed by atoms with van der Waals surface area (Å²) >= 11 is 0. The zero-order valence-corrected chi connectivity index (χ0v) is 6.77. The third kappa shape index (κ3) is 8.93. The van der Waals surface area contributed by atoms with Crippen molar-refractivity contribution < 1.29 is 4.84 Å². The second-order valence-corrected chi connectivity index (χ2v) is 2.23. The lowest BCUT2D eigenvalue weighted by molar-refractivity contribution is 0.0448. The first-order valence-electron chi connectivity index (χ1n) is 3.23. The van der Waals surface area contributed by atoms with Crippen LogP contribution in [0.4, 0.5) is 0 Å². The molecule has 0 radical (unpaired) electrons. The van der Waals surface area contributed by atoms with E-state index in [0.29, 0.717) is 6.61 Å². The molecule has 0 saturated carbocycles. The van der Waals surface area contributed by atoms with Crippen LogP contribution in [0.2, 0.25) is 0 Å². The van der Waals surface area contributed by atoms with Gasteiger partial charge < -0.3 is 5.73 Å². The molecule has 0 atom stereocenters. The molecule has 0 aromatic rings. The van der Waals surface area contributed by atoms with E-state index < -0.39 is 0 Å². The number of hydrogen-bond acceptors (Lipinski definition) is 3. The Morgan fingerprint density at radius 1 is 1.64 bits per heavy atom. The predicted molar refractivity (Wildman–Crippen MR) is 43.6 cm³/mol. The van der Waals surface area contributed by atoms with E-state index >= 15 is 0 Å². The molecule has 5 nitrogen and oxygen atoms in total. The first-order valence-corrected chi connectivity index (χ1v) is 3.23. The summed E-state index contributed by atoms with van der Waals surface area (Å²) in [6.07, 6.45) is 1.90. The molecule has 0 amide bonds. The van der Waals surface area contributed by atoms with Gasteiger partial charge in [0.25, 0.3) is 0 Å². The Morgan fingerprint density at radius 3 is 2.73 bits per heavy atom. The normalized spacial score (nSPS) is 8.91. The van der Waals surface area contributed by atoms with Crippen LogP contribution in [0, 0.1) is 5.41 Å².